The van der Waals surface area contributed by atoms with Gasteiger partial charge in [0.05, 0.1) is 22.3 Å². The molecule has 0 atom stereocenters. The van der Waals surface area contributed by atoms with E-state index in [4.69, 9.17) is 22.0 Å². The van der Waals surface area contributed by atoms with Gasteiger partial charge >= 0.3 is 6.09 Å². The fraction of sp³-hybridized carbons (Fsp3) is 0. The lowest BCUT2D eigenvalue weighted by molar-refractivity contribution is 0.210. The average molecular weight is 275 g/mol. The van der Waals surface area contributed by atoms with E-state index in [9.17, 15) is 4.79 Å². The van der Waals surface area contributed by atoms with Gasteiger partial charge in [0, 0.05) is 4.47 Å². The van der Waals surface area contributed by atoms with Crippen molar-refractivity contribution in [1.82, 2.24) is 0 Å². The maximum absolute atomic E-state index is 10.4. The van der Waals surface area contributed by atoms with Crippen molar-refractivity contribution >= 4 is 39.3 Å². The Balaban J connectivity index is 3.21. The monoisotopic (exact) mass is 274 g/mol. The molecule has 0 aliphatic carbocycles. The summed E-state index contributed by atoms with van der Waals surface area (Å²) in [5, 5.41) is 19.4. The molecule has 1 amide bonds. The Labute approximate surface area is 93.2 Å². The minimum absolute atomic E-state index is 0.185. The smallest absolute Gasteiger partial charge is 0.409 e. The number of hydrogen-bond donors (Lipinski definition) is 2. The third kappa shape index (κ3) is 2.37. The summed E-state index contributed by atoms with van der Waals surface area (Å²) in [4.78, 5) is 10.4. The number of anilines is 1. The number of nitriles is 1. The fourth-order valence-electron chi connectivity index (χ4n) is 0.860. The van der Waals surface area contributed by atoms with E-state index in [-0.39, 0.29) is 10.7 Å². The molecule has 4 nitrogen and oxygen atoms in total. The molecule has 0 aliphatic rings. The molecule has 0 saturated carbocycles. The second-order valence-corrected chi connectivity index (χ2v) is 3.59. The first-order chi connectivity index (χ1) is 6.54. The van der Waals surface area contributed by atoms with Gasteiger partial charge in [-0.1, -0.05) is 11.6 Å². The van der Waals surface area contributed by atoms with Gasteiger partial charge in [-0.05, 0) is 28.1 Å². The summed E-state index contributed by atoms with van der Waals surface area (Å²) >= 11 is 8.90. The zero-order valence-corrected chi connectivity index (χ0v) is 9.06. The van der Waals surface area contributed by atoms with Gasteiger partial charge in [0.2, 0.25) is 0 Å². The summed E-state index contributed by atoms with van der Waals surface area (Å²) in [6, 6.07) is 4.76. The fourth-order valence-corrected chi connectivity index (χ4v) is 1.48. The van der Waals surface area contributed by atoms with E-state index in [0.717, 1.165) is 0 Å². The van der Waals surface area contributed by atoms with Crippen LogP contribution in [0.5, 0.6) is 0 Å². The largest absolute Gasteiger partial charge is 0.465 e. The first kappa shape index (κ1) is 10.8. The van der Waals surface area contributed by atoms with Crippen molar-refractivity contribution in [2.24, 2.45) is 0 Å². The van der Waals surface area contributed by atoms with Gasteiger partial charge in [-0.2, -0.15) is 5.26 Å². The van der Waals surface area contributed by atoms with Crippen molar-refractivity contribution in [3.05, 3.63) is 27.2 Å². The summed E-state index contributed by atoms with van der Waals surface area (Å²) < 4.78 is 0.474. The predicted molar refractivity (Wildman–Crippen MR) is 55.5 cm³/mol. The summed E-state index contributed by atoms with van der Waals surface area (Å²) in [6.07, 6.45) is -1.23. The maximum Gasteiger partial charge on any atom is 0.409 e. The second-order valence-electron chi connectivity index (χ2n) is 2.36. The van der Waals surface area contributed by atoms with Crippen LogP contribution in [0.15, 0.2) is 16.6 Å². The lowest BCUT2D eigenvalue weighted by atomic mass is 10.2. The van der Waals surface area contributed by atoms with Crippen LogP contribution in [0.4, 0.5) is 10.5 Å². The van der Waals surface area contributed by atoms with Crippen LogP contribution in [0, 0.1) is 11.3 Å². The topological polar surface area (TPSA) is 73.1 Å². The molecule has 0 fully saturated rings. The number of carboxylic acid groups (broad SMARTS) is 1. The SMILES string of the molecule is N#Cc1cc(Br)c(Cl)c(NC(=O)O)c1. The third-order valence-electron chi connectivity index (χ3n) is 1.40. The van der Waals surface area contributed by atoms with E-state index in [1.807, 2.05) is 6.07 Å². The second kappa shape index (κ2) is 4.31. The summed E-state index contributed by atoms with van der Waals surface area (Å²) in [7, 11) is 0. The van der Waals surface area contributed by atoms with Crippen molar-refractivity contribution in [2.75, 3.05) is 5.32 Å². The van der Waals surface area contributed by atoms with E-state index in [1.165, 1.54) is 12.1 Å². The molecule has 0 radical (unpaired) electrons. The molecule has 14 heavy (non-hydrogen) atoms. The van der Waals surface area contributed by atoms with Crippen molar-refractivity contribution < 1.29 is 9.90 Å². The Morgan fingerprint density at radius 2 is 2.29 bits per heavy atom. The predicted octanol–water partition coefficient (Wildman–Crippen LogP) is 3.06. The number of benzene rings is 1. The van der Waals surface area contributed by atoms with Crippen LogP contribution in [0.3, 0.4) is 0 Å². The number of rotatable bonds is 1. The van der Waals surface area contributed by atoms with Crippen LogP contribution in [-0.2, 0) is 0 Å². The molecule has 72 valence electrons. The highest BCUT2D eigenvalue weighted by atomic mass is 79.9. The molecule has 0 aliphatic heterocycles. The third-order valence-corrected chi connectivity index (χ3v) is 2.66. The van der Waals surface area contributed by atoms with E-state index in [1.54, 1.807) is 0 Å². The number of hydrogen-bond acceptors (Lipinski definition) is 2. The molecule has 1 aromatic rings. The summed E-state index contributed by atoms with van der Waals surface area (Å²) in [5.74, 6) is 0. The van der Waals surface area contributed by atoms with Crippen molar-refractivity contribution in [1.29, 1.82) is 5.26 Å². The van der Waals surface area contributed by atoms with Gasteiger partial charge in [-0.15, -0.1) is 0 Å². The normalized spacial score (nSPS) is 9.21. The van der Waals surface area contributed by atoms with E-state index >= 15 is 0 Å². The van der Waals surface area contributed by atoms with Crippen molar-refractivity contribution in [2.45, 2.75) is 0 Å². The van der Waals surface area contributed by atoms with Gasteiger partial charge in [0.25, 0.3) is 0 Å². The van der Waals surface area contributed by atoms with Crippen LogP contribution in [0.2, 0.25) is 5.02 Å². The van der Waals surface area contributed by atoms with Crippen LogP contribution in [0.1, 0.15) is 5.56 Å². The molecule has 1 rings (SSSR count). The number of carbonyl (C=O) groups is 1. The molecular weight excluding hydrogens is 271 g/mol. The first-order valence-corrected chi connectivity index (χ1v) is 4.60. The molecule has 1 aromatic carbocycles. The summed E-state index contributed by atoms with van der Waals surface area (Å²) in [5.41, 5.74) is 0.509. The lowest BCUT2D eigenvalue weighted by Gasteiger charge is -2.05. The number of halogens is 2. The minimum Gasteiger partial charge on any atom is -0.465 e. The molecule has 0 heterocycles. The summed E-state index contributed by atoms with van der Waals surface area (Å²) in [6.45, 7) is 0. The molecule has 0 saturated heterocycles. The van der Waals surface area contributed by atoms with Gasteiger partial charge < -0.3 is 5.11 Å². The van der Waals surface area contributed by atoms with E-state index < -0.39 is 6.09 Å². The molecule has 0 bridgehead atoms. The van der Waals surface area contributed by atoms with Gasteiger partial charge in [0.1, 0.15) is 0 Å². The van der Waals surface area contributed by atoms with Crippen LogP contribution in [0.25, 0.3) is 0 Å². The maximum atomic E-state index is 10.4. The Bertz CT molecular complexity index is 428. The molecule has 6 heteroatoms. The van der Waals surface area contributed by atoms with Gasteiger partial charge in [-0.3, -0.25) is 5.32 Å². The van der Waals surface area contributed by atoms with E-state index in [0.29, 0.717) is 10.0 Å². The number of nitrogens with one attached hydrogen (secondary N) is 1. The molecule has 0 spiro atoms. The highest BCUT2D eigenvalue weighted by molar-refractivity contribution is 9.10. The van der Waals surface area contributed by atoms with Crippen molar-refractivity contribution in [3.63, 3.8) is 0 Å². The quantitative estimate of drug-likeness (QED) is 0.827. The Kier molecular flexibility index (Phi) is 3.33. The highest BCUT2D eigenvalue weighted by Gasteiger charge is 2.09. The standard InChI is InChI=1S/C8H4BrClN2O2/c9-5-1-4(3-11)2-6(7(5)10)12-8(13)14/h1-2,12H,(H,13,14). The van der Waals surface area contributed by atoms with Gasteiger partial charge in [0.15, 0.2) is 0 Å². The molecular formula is C8H4BrClN2O2. The minimum atomic E-state index is -1.23. The zero-order chi connectivity index (χ0) is 10.7. The highest BCUT2D eigenvalue weighted by Crippen LogP contribution is 2.31. The molecule has 0 aromatic heterocycles. The van der Waals surface area contributed by atoms with Gasteiger partial charge in [-0.25, -0.2) is 4.79 Å². The molecule has 2 N–H and O–H groups in total. The number of nitrogens with zero attached hydrogens (tertiary/aromatic N) is 1. The van der Waals surface area contributed by atoms with Crippen molar-refractivity contribution in [3.8, 4) is 6.07 Å². The Morgan fingerprint density at radius 1 is 1.64 bits per heavy atom. The van der Waals surface area contributed by atoms with E-state index in [2.05, 4.69) is 21.2 Å². The zero-order valence-electron chi connectivity index (χ0n) is 6.71. The van der Waals surface area contributed by atoms with Crippen LogP contribution < -0.4 is 5.32 Å². The Hall–Kier alpha value is -1.25. The van der Waals surface area contributed by atoms with Crippen LogP contribution in [-0.4, -0.2) is 11.2 Å². The lowest BCUT2D eigenvalue weighted by Crippen LogP contribution is -2.07. The molecule has 0 unspecified atom stereocenters. The Morgan fingerprint density at radius 3 is 2.79 bits per heavy atom. The van der Waals surface area contributed by atoms with Crippen LogP contribution >= 0.6 is 27.5 Å². The average Bonchev–Trinajstić information content (AvgIpc) is 2.11. The first-order valence-electron chi connectivity index (χ1n) is 3.43. The number of amides is 1.